The Kier molecular flexibility index (Phi) is 7.13. The number of rotatable bonds is 8. The minimum atomic E-state index is -3.81. The molecule has 0 saturated heterocycles. The van der Waals surface area contributed by atoms with E-state index in [9.17, 15) is 18.0 Å². The molecule has 0 heterocycles. The molecule has 2 rings (SSSR count). The third kappa shape index (κ3) is 6.07. The Morgan fingerprint density at radius 1 is 1.07 bits per heavy atom. The van der Waals surface area contributed by atoms with Gasteiger partial charge in [0.15, 0.2) is 12.2 Å². The monoisotopic (exact) mass is 406 g/mol. The van der Waals surface area contributed by atoms with E-state index in [2.05, 4.69) is 5.32 Å². The molecule has 0 aliphatic heterocycles. The van der Waals surface area contributed by atoms with Crippen molar-refractivity contribution in [2.45, 2.75) is 37.4 Å². The van der Waals surface area contributed by atoms with Gasteiger partial charge in [0.05, 0.1) is 4.90 Å². The fraction of sp³-hybridized carbons (Fsp3) is 0.263. The molecule has 28 heavy (non-hydrogen) atoms. The van der Waals surface area contributed by atoms with Crippen molar-refractivity contribution < 1.29 is 27.5 Å². The Hall–Kier alpha value is -2.91. The normalized spacial score (nSPS) is 13.2. The average molecular weight is 406 g/mol. The van der Waals surface area contributed by atoms with Crippen molar-refractivity contribution in [3.63, 3.8) is 0 Å². The van der Waals surface area contributed by atoms with Crippen molar-refractivity contribution in [1.29, 1.82) is 0 Å². The first-order valence-corrected chi connectivity index (χ1v) is 10.1. The van der Waals surface area contributed by atoms with E-state index in [0.29, 0.717) is 17.9 Å². The minimum Gasteiger partial charge on any atom is -0.479 e. The number of benzene rings is 2. The van der Waals surface area contributed by atoms with Crippen molar-refractivity contribution in [2.75, 3.05) is 5.32 Å². The van der Waals surface area contributed by atoms with Crippen LogP contribution in [0.5, 0.6) is 5.75 Å². The maximum absolute atomic E-state index is 12.3. The standard InChI is InChI=1S/C19H22N2O6S/c1-3-17(27-15-7-5-4-6-8-15)19(23)26-13(2)18(22)21-14-9-11-16(12-10-14)28(20,24)25/h4-13,17H,3H2,1-2H3,(H,21,22)(H2,20,24,25)/t13-,17-/m0/s1. The number of nitrogens with two attached hydrogens (primary N) is 1. The zero-order chi connectivity index (χ0) is 20.7. The van der Waals surface area contributed by atoms with Crippen molar-refractivity contribution in [3.8, 4) is 5.75 Å². The molecular weight excluding hydrogens is 384 g/mol. The fourth-order valence-electron chi connectivity index (χ4n) is 2.24. The molecule has 0 aromatic heterocycles. The van der Waals surface area contributed by atoms with Crippen LogP contribution >= 0.6 is 0 Å². The number of ether oxygens (including phenoxy) is 2. The van der Waals surface area contributed by atoms with E-state index in [0.717, 1.165) is 0 Å². The molecule has 0 fully saturated rings. The molecule has 0 spiro atoms. The van der Waals surface area contributed by atoms with Crippen LogP contribution in [0.4, 0.5) is 5.69 Å². The Bertz CT molecular complexity index is 913. The number of primary sulfonamides is 1. The third-order valence-corrected chi connectivity index (χ3v) is 4.70. The summed E-state index contributed by atoms with van der Waals surface area (Å²) in [6.07, 6.45) is -1.54. The third-order valence-electron chi connectivity index (χ3n) is 3.77. The molecule has 0 aliphatic carbocycles. The zero-order valence-corrected chi connectivity index (χ0v) is 16.3. The Labute approximate surface area is 163 Å². The van der Waals surface area contributed by atoms with Gasteiger partial charge in [-0.2, -0.15) is 0 Å². The Balaban J connectivity index is 1.94. The van der Waals surface area contributed by atoms with Crippen LogP contribution in [-0.4, -0.2) is 32.5 Å². The second kappa shape index (κ2) is 9.34. The highest BCUT2D eigenvalue weighted by atomic mass is 32.2. The molecule has 2 aromatic rings. The summed E-state index contributed by atoms with van der Waals surface area (Å²) in [6.45, 7) is 3.20. The first kappa shape index (κ1) is 21.4. The lowest BCUT2D eigenvalue weighted by Gasteiger charge is -2.19. The zero-order valence-electron chi connectivity index (χ0n) is 15.5. The van der Waals surface area contributed by atoms with E-state index in [4.69, 9.17) is 14.6 Å². The quantitative estimate of drug-likeness (QED) is 0.647. The molecule has 0 bridgehead atoms. The summed E-state index contributed by atoms with van der Waals surface area (Å²) in [6, 6.07) is 14.1. The van der Waals surface area contributed by atoms with Crippen LogP contribution in [0.15, 0.2) is 59.5 Å². The van der Waals surface area contributed by atoms with Crippen LogP contribution in [0.1, 0.15) is 20.3 Å². The van der Waals surface area contributed by atoms with Crippen molar-refractivity contribution in [1.82, 2.24) is 0 Å². The summed E-state index contributed by atoms with van der Waals surface area (Å²) >= 11 is 0. The van der Waals surface area contributed by atoms with Crippen LogP contribution in [0.3, 0.4) is 0 Å². The molecule has 0 radical (unpaired) electrons. The second-order valence-corrected chi connectivity index (χ2v) is 7.53. The van der Waals surface area contributed by atoms with Gasteiger partial charge in [-0.3, -0.25) is 4.79 Å². The molecule has 9 heteroatoms. The summed E-state index contributed by atoms with van der Waals surface area (Å²) in [4.78, 5) is 24.4. The summed E-state index contributed by atoms with van der Waals surface area (Å²) < 4.78 is 33.3. The van der Waals surface area contributed by atoms with Crippen molar-refractivity contribution >= 4 is 27.6 Å². The van der Waals surface area contributed by atoms with Gasteiger partial charge in [-0.15, -0.1) is 0 Å². The number of esters is 1. The van der Waals surface area contributed by atoms with Gasteiger partial charge in [0.1, 0.15) is 5.75 Å². The molecule has 2 atom stereocenters. The van der Waals surface area contributed by atoms with Gasteiger partial charge in [-0.05, 0) is 49.7 Å². The lowest BCUT2D eigenvalue weighted by Crippen LogP contribution is -2.36. The SMILES string of the molecule is CC[C@H](Oc1ccccc1)C(=O)O[C@@H](C)C(=O)Nc1ccc(S(N)(=O)=O)cc1. The highest BCUT2D eigenvalue weighted by molar-refractivity contribution is 7.89. The summed E-state index contributed by atoms with van der Waals surface area (Å²) in [5.41, 5.74) is 0.341. The van der Waals surface area contributed by atoms with Crippen LogP contribution in [0.2, 0.25) is 0 Å². The maximum Gasteiger partial charge on any atom is 0.348 e. The maximum atomic E-state index is 12.3. The fourth-order valence-corrected chi connectivity index (χ4v) is 2.75. The van der Waals surface area contributed by atoms with E-state index >= 15 is 0 Å². The van der Waals surface area contributed by atoms with Gasteiger partial charge < -0.3 is 14.8 Å². The highest BCUT2D eigenvalue weighted by Crippen LogP contribution is 2.15. The predicted octanol–water partition coefficient (Wildman–Crippen LogP) is 2.06. The molecule has 8 nitrogen and oxygen atoms in total. The van der Waals surface area contributed by atoms with E-state index in [1.54, 1.807) is 31.2 Å². The topological polar surface area (TPSA) is 125 Å². The number of nitrogens with one attached hydrogen (secondary N) is 1. The van der Waals surface area contributed by atoms with E-state index in [1.807, 2.05) is 6.07 Å². The molecule has 0 unspecified atom stereocenters. The van der Waals surface area contributed by atoms with Gasteiger partial charge in [0.2, 0.25) is 10.0 Å². The number of amides is 1. The van der Waals surface area contributed by atoms with Gasteiger partial charge in [-0.25, -0.2) is 18.4 Å². The van der Waals surface area contributed by atoms with Crippen LogP contribution in [0, 0.1) is 0 Å². The lowest BCUT2D eigenvalue weighted by molar-refractivity contribution is -0.160. The smallest absolute Gasteiger partial charge is 0.348 e. The largest absolute Gasteiger partial charge is 0.479 e. The predicted molar refractivity (Wildman–Crippen MR) is 103 cm³/mol. The Morgan fingerprint density at radius 2 is 1.68 bits per heavy atom. The molecule has 150 valence electrons. The molecule has 0 saturated carbocycles. The van der Waals surface area contributed by atoms with Crippen molar-refractivity contribution in [3.05, 3.63) is 54.6 Å². The van der Waals surface area contributed by atoms with Gasteiger partial charge >= 0.3 is 5.97 Å². The summed E-state index contributed by atoms with van der Waals surface area (Å²) in [7, 11) is -3.81. The first-order chi connectivity index (χ1) is 13.2. The highest BCUT2D eigenvalue weighted by Gasteiger charge is 2.25. The van der Waals surface area contributed by atoms with E-state index in [1.165, 1.54) is 31.2 Å². The molecule has 2 aromatic carbocycles. The number of hydrogen-bond donors (Lipinski definition) is 2. The van der Waals surface area contributed by atoms with Gasteiger partial charge in [0.25, 0.3) is 5.91 Å². The number of anilines is 1. The van der Waals surface area contributed by atoms with Crippen LogP contribution in [0.25, 0.3) is 0 Å². The molecule has 0 aliphatic rings. The van der Waals surface area contributed by atoms with Crippen LogP contribution < -0.4 is 15.2 Å². The molecule has 1 amide bonds. The Morgan fingerprint density at radius 3 is 2.21 bits per heavy atom. The number of para-hydroxylation sites is 1. The summed E-state index contributed by atoms with van der Waals surface area (Å²) in [5, 5.41) is 7.56. The summed E-state index contributed by atoms with van der Waals surface area (Å²) in [5.74, 6) is -0.691. The molecule has 3 N–H and O–H groups in total. The van der Waals surface area contributed by atoms with Crippen molar-refractivity contribution in [2.24, 2.45) is 5.14 Å². The minimum absolute atomic E-state index is 0.0752. The second-order valence-electron chi connectivity index (χ2n) is 5.97. The average Bonchev–Trinajstić information content (AvgIpc) is 2.66. The van der Waals surface area contributed by atoms with Gasteiger partial charge in [0, 0.05) is 5.69 Å². The van der Waals surface area contributed by atoms with Gasteiger partial charge in [-0.1, -0.05) is 25.1 Å². The number of sulfonamides is 1. The van der Waals surface area contributed by atoms with E-state index in [-0.39, 0.29) is 4.90 Å². The van der Waals surface area contributed by atoms with Crippen LogP contribution in [-0.2, 0) is 24.3 Å². The number of hydrogen-bond acceptors (Lipinski definition) is 6. The lowest BCUT2D eigenvalue weighted by atomic mass is 10.2. The number of carbonyl (C=O) groups is 2. The van der Waals surface area contributed by atoms with E-state index < -0.39 is 34.1 Å². The number of carbonyl (C=O) groups excluding carboxylic acids is 2. The molecular formula is C19H22N2O6S. The first-order valence-electron chi connectivity index (χ1n) is 8.56.